The van der Waals surface area contributed by atoms with Crippen molar-refractivity contribution in [3.8, 4) is 0 Å². The average molecular weight is 1500 g/mol. The van der Waals surface area contributed by atoms with E-state index in [1.165, 1.54) is 87.4 Å². The molecule has 0 aliphatic carbocycles. The first-order chi connectivity index (χ1) is 42.3. The van der Waals surface area contributed by atoms with Gasteiger partial charge in [-0.05, 0) is 77.8 Å². The first-order valence-corrected chi connectivity index (χ1v) is 44.3. The quantitative estimate of drug-likeness (QED) is 0.0230. The van der Waals surface area contributed by atoms with Crippen molar-refractivity contribution in [1.82, 2.24) is 39.5 Å². The maximum absolute atomic E-state index is 5.90. The number of aryl methyl sites for hydroxylation is 2. The fraction of sp³-hybridized carbons (Fsp3) is 0.265. The van der Waals surface area contributed by atoms with E-state index < -0.39 is 34.2 Å². The van der Waals surface area contributed by atoms with Crippen molar-refractivity contribution in [1.29, 1.82) is 0 Å². The predicted octanol–water partition coefficient (Wildman–Crippen LogP) is 17.9. The molecule has 4 aromatic heterocycles. The monoisotopic (exact) mass is 1500 g/mol. The topological polar surface area (TPSA) is 106 Å². The number of halogens is 5. The molecule has 0 aliphatic rings. The van der Waals surface area contributed by atoms with Crippen LogP contribution in [0.5, 0.6) is 0 Å². The van der Waals surface area contributed by atoms with Crippen LogP contribution in [-0.4, -0.2) is 71.1 Å². The van der Waals surface area contributed by atoms with Gasteiger partial charge in [0.05, 0.1) is 29.8 Å². The van der Waals surface area contributed by atoms with Gasteiger partial charge >= 0.3 is 155 Å². The van der Waals surface area contributed by atoms with Crippen molar-refractivity contribution in [3.05, 3.63) is 233 Å². The van der Waals surface area contributed by atoms with Gasteiger partial charge in [-0.15, -0.1) is 0 Å². The largest absolute Gasteiger partial charge is 0.0622 e. The smallest absolute Gasteiger partial charge is 0.0134 e. The third-order valence-electron chi connectivity index (χ3n) is 13.7. The Hall–Kier alpha value is -4.73. The molecule has 0 bridgehead atoms. The van der Waals surface area contributed by atoms with Crippen LogP contribution in [0.4, 0.5) is 0 Å². The van der Waals surface area contributed by atoms with Gasteiger partial charge in [0.15, 0.2) is 11.3 Å². The molecule has 19 heteroatoms. The van der Waals surface area contributed by atoms with E-state index in [4.69, 9.17) is 63.3 Å². The maximum Gasteiger partial charge on any atom is -0.0134 e. The van der Waals surface area contributed by atoms with Crippen LogP contribution >= 0.6 is 69.7 Å². The molecule has 0 saturated heterocycles. The Labute approximate surface area is 554 Å². The molecule has 10 nitrogen and oxygen atoms in total. The summed E-state index contributed by atoms with van der Waals surface area (Å²) in [5.41, 5.74) is 1.89. The molecule has 0 N–H and O–H groups in total. The minimum absolute atomic E-state index is 0.106. The third kappa shape index (κ3) is 23.2. The summed E-state index contributed by atoms with van der Waals surface area (Å²) in [6.45, 7) is 20.4. The number of unbranched alkanes of at least 4 members (excludes halogenated alkanes) is 3. The Morgan fingerprint density at radius 1 is 0.460 bits per heavy atom. The summed E-state index contributed by atoms with van der Waals surface area (Å²) in [5, 5.41) is 18.6. The zero-order valence-corrected chi connectivity index (χ0v) is 60.6. The van der Waals surface area contributed by atoms with Gasteiger partial charge in [0.25, 0.3) is 0 Å². The third-order valence-corrected chi connectivity index (χ3v) is 34.2. The van der Waals surface area contributed by atoms with Gasteiger partial charge in [-0.1, -0.05) is 200 Å². The van der Waals surface area contributed by atoms with E-state index >= 15 is 0 Å². The Morgan fingerprint density at radius 2 is 0.759 bits per heavy atom. The van der Waals surface area contributed by atoms with Crippen LogP contribution in [-0.2, 0) is 39.5 Å². The molecular formula is C68H79Cl5N8O2P2PdSn. The van der Waals surface area contributed by atoms with Crippen molar-refractivity contribution in [2.45, 2.75) is 86.5 Å². The number of nitrogens with zero attached hydrogens (tertiary/aromatic N) is 8. The molecule has 0 fully saturated rings. The van der Waals surface area contributed by atoms with E-state index in [2.05, 4.69) is 253 Å². The Morgan fingerprint density at radius 3 is 1.07 bits per heavy atom. The standard InChI is InChI=1S/2C18H15P.C10H11ClN4O.C6H4Cl2N4.C4H7O.3C4H9.2ClH.Pd.Sn/c2*1-4-10-16(11-5-1)19(17-12-6-2-7-13-17)18-14-8-3-9-15-18;1-4-16-6(2)8-7-5-12-15(3)9(7)14-10(11)13-8;1-12-5-3(2-9-12)4(7)10-6(8)11-5;1-3-5-4-2;3*1-3-4-2;;;;/h2*1-15H;5H,2,4H2,1,3H3;2H,1H3;1,4H2,2H3;3*1,3-4H2,2H3;2*1H;;/q;;;;;;;;;;+2;/p-2. The number of benzene rings is 6. The van der Waals surface area contributed by atoms with Gasteiger partial charge in [0.2, 0.25) is 10.6 Å². The second-order valence-corrected chi connectivity index (χ2v) is 40.7. The Bertz CT molecular complexity index is 3220. The molecule has 6 aromatic carbocycles. The minimum atomic E-state index is -2.24. The maximum atomic E-state index is 5.90. The van der Waals surface area contributed by atoms with Gasteiger partial charge in [0, 0.05) is 14.1 Å². The molecule has 0 atom stereocenters. The molecule has 0 unspecified atom stereocenters. The van der Waals surface area contributed by atoms with Gasteiger partial charge in [0.1, 0.15) is 16.6 Å². The number of aromatic nitrogens is 8. The van der Waals surface area contributed by atoms with Crippen LogP contribution in [0, 0.1) is 0 Å². The summed E-state index contributed by atoms with van der Waals surface area (Å²) in [5.74, 6) is 0.477. The molecule has 0 saturated carbocycles. The van der Waals surface area contributed by atoms with Crippen molar-refractivity contribution in [3.63, 3.8) is 0 Å². The molecule has 4 heterocycles. The van der Waals surface area contributed by atoms with Crippen LogP contribution in [0.3, 0.4) is 0 Å². The van der Waals surface area contributed by atoms with E-state index in [0.29, 0.717) is 39.9 Å². The van der Waals surface area contributed by atoms with Gasteiger partial charge < -0.3 is 4.74 Å². The second-order valence-electron chi connectivity index (χ2n) is 19.7. The molecule has 10 rings (SSSR count). The first-order valence-electron chi connectivity index (χ1n) is 29.0. The van der Waals surface area contributed by atoms with Crippen LogP contribution in [0.15, 0.2) is 211 Å². The summed E-state index contributed by atoms with van der Waals surface area (Å²) >= 11 is 14.9. The fourth-order valence-electron chi connectivity index (χ4n) is 9.44. The van der Waals surface area contributed by atoms with Crippen molar-refractivity contribution in [2.24, 2.45) is 14.1 Å². The van der Waals surface area contributed by atoms with E-state index in [-0.39, 0.29) is 26.5 Å². The van der Waals surface area contributed by atoms with Crippen LogP contribution in [0.1, 0.15) is 78.8 Å². The normalized spacial score (nSPS) is 10.7. The zero-order valence-electron chi connectivity index (χ0n) is 50.7. The zero-order chi connectivity index (χ0) is 62.8. The van der Waals surface area contributed by atoms with Crippen molar-refractivity contribution in [2.75, 3.05) is 13.2 Å². The summed E-state index contributed by atoms with van der Waals surface area (Å²) in [6, 6.07) is 64.7. The van der Waals surface area contributed by atoms with E-state index in [1.807, 2.05) is 6.92 Å². The minimum Gasteiger partial charge on any atom is -0.0622 e. The summed E-state index contributed by atoms with van der Waals surface area (Å²) in [4.78, 5) is 16.0. The number of fused-ring (bicyclic) bond motifs is 2. The molecule has 0 spiro atoms. The summed E-state index contributed by atoms with van der Waals surface area (Å²) in [7, 11) is 12.3. The molecule has 10 aromatic rings. The molecular weight excluding hydrogens is 1430 g/mol. The van der Waals surface area contributed by atoms with Crippen molar-refractivity contribution >= 4 is 148 Å². The van der Waals surface area contributed by atoms with E-state index in [9.17, 15) is 0 Å². The van der Waals surface area contributed by atoms with E-state index in [1.54, 1.807) is 35.9 Å². The van der Waals surface area contributed by atoms with Crippen molar-refractivity contribution < 1.29 is 25.4 Å². The second kappa shape index (κ2) is 40.8. The van der Waals surface area contributed by atoms with Gasteiger partial charge in [-0.25, -0.2) is 9.97 Å². The summed E-state index contributed by atoms with van der Waals surface area (Å²) < 4.78 is 20.1. The average Bonchev–Trinajstić information content (AvgIpc) is 2.80. The van der Waals surface area contributed by atoms with Crippen LogP contribution < -0.4 is 31.8 Å². The molecule has 0 amide bonds. The first kappa shape index (κ1) is 73.0. The van der Waals surface area contributed by atoms with Gasteiger partial charge in [-0.3, -0.25) is 9.36 Å². The predicted molar refractivity (Wildman–Crippen MR) is 376 cm³/mol. The Balaban J connectivity index is 0.000000197. The number of ether oxygens (including phenoxy) is 2. The number of hydrogen-bond acceptors (Lipinski definition) is 8. The molecule has 0 aliphatic heterocycles. The number of rotatable bonds is 21. The summed E-state index contributed by atoms with van der Waals surface area (Å²) in [6.07, 6.45) is 11.4. The molecule has 462 valence electrons. The molecule has 0 radical (unpaired) electrons. The van der Waals surface area contributed by atoms with E-state index in [0.717, 1.165) is 12.0 Å². The Kier molecular flexibility index (Phi) is 34.3. The van der Waals surface area contributed by atoms with Crippen LogP contribution in [0.25, 0.3) is 27.8 Å². The molecule has 87 heavy (non-hydrogen) atoms. The fourth-order valence-corrected chi connectivity index (χ4v) is 29.3. The SMILES string of the molecule is C=C(OCC)c1nc(Cl)nc2c1cnn2C.C=[C](OCC)[Sn]([CH2]CCC)([CH2]CCC)[CH2]CCC.Cn1ncc2c(Cl)nc(Cl)nc21.[Cl][Pd][Cl].c1ccc(P(c2ccccc2)c2ccccc2)cc1.c1ccc(P(c2ccccc2)c2ccccc2)cc1. The van der Waals surface area contributed by atoms with Gasteiger partial charge in [-0.2, -0.15) is 20.2 Å². The number of hydrogen-bond donors (Lipinski definition) is 0. The van der Waals surface area contributed by atoms with Crippen LogP contribution in [0.2, 0.25) is 29.0 Å².